The standard InChI is InChI=1S/C10H9BrN2/c11-9-4-3-7(12)6-8(9)10-2-1-5-13-10/h1-6,13H,12H2. The van der Waals surface area contributed by atoms with Crippen LogP contribution in [0, 0.1) is 0 Å². The zero-order valence-corrected chi connectivity index (χ0v) is 8.51. The van der Waals surface area contributed by atoms with Gasteiger partial charge in [-0.25, -0.2) is 0 Å². The quantitative estimate of drug-likeness (QED) is 0.735. The van der Waals surface area contributed by atoms with E-state index in [1.165, 1.54) is 0 Å². The number of H-pyrrole nitrogens is 1. The van der Waals surface area contributed by atoms with Crippen molar-refractivity contribution >= 4 is 21.6 Å². The number of nitrogen functional groups attached to an aromatic ring is 1. The van der Waals surface area contributed by atoms with E-state index >= 15 is 0 Å². The molecule has 0 bridgehead atoms. The van der Waals surface area contributed by atoms with Crippen LogP contribution in [-0.2, 0) is 0 Å². The van der Waals surface area contributed by atoms with Gasteiger partial charge in [0.05, 0.1) is 0 Å². The third-order valence-electron chi connectivity index (χ3n) is 1.88. The van der Waals surface area contributed by atoms with Gasteiger partial charge in [-0.1, -0.05) is 15.9 Å². The van der Waals surface area contributed by atoms with Crippen molar-refractivity contribution in [3.8, 4) is 11.3 Å². The fourth-order valence-electron chi connectivity index (χ4n) is 1.25. The van der Waals surface area contributed by atoms with Gasteiger partial charge in [-0.05, 0) is 30.3 Å². The van der Waals surface area contributed by atoms with Crippen LogP contribution in [0.15, 0.2) is 41.0 Å². The van der Waals surface area contributed by atoms with Crippen LogP contribution >= 0.6 is 15.9 Å². The molecule has 0 saturated carbocycles. The largest absolute Gasteiger partial charge is 0.399 e. The molecule has 1 aromatic carbocycles. The lowest BCUT2D eigenvalue weighted by Gasteiger charge is -2.02. The zero-order valence-electron chi connectivity index (χ0n) is 6.92. The van der Waals surface area contributed by atoms with Crippen LogP contribution in [0.1, 0.15) is 0 Å². The Hall–Kier alpha value is -1.22. The molecule has 0 aliphatic heterocycles. The van der Waals surface area contributed by atoms with Crippen molar-refractivity contribution in [3.05, 3.63) is 41.0 Å². The van der Waals surface area contributed by atoms with E-state index in [1.54, 1.807) is 0 Å². The Morgan fingerprint density at radius 1 is 1.23 bits per heavy atom. The van der Waals surface area contributed by atoms with E-state index < -0.39 is 0 Å². The number of hydrogen-bond acceptors (Lipinski definition) is 1. The Balaban J connectivity index is 2.57. The summed E-state index contributed by atoms with van der Waals surface area (Å²) in [5, 5.41) is 0. The molecule has 1 heterocycles. The molecule has 0 aliphatic carbocycles. The number of aromatic amines is 1. The van der Waals surface area contributed by atoms with Crippen LogP contribution in [0.5, 0.6) is 0 Å². The summed E-state index contributed by atoms with van der Waals surface area (Å²) in [5.41, 5.74) is 8.63. The van der Waals surface area contributed by atoms with Crippen molar-refractivity contribution in [1.29, 1.82) is 0 Å². The molecular formula is C10H9BrN2. The maximum Gasteiger partial charge on any atom is 0.0466 e. The van der Waals surface area contributed by atoms with Crippen LogP contribution < -0.4 is 5.73 Å². The molecule has 0 saturated heterocycles. The van der Waals surface area contributed by atoms with Gasteiger partial charge in [0, 0.05) is 27.6 Å². The van der Waals surface area contributed by atoms with Gasteiger partial charge in [0.2, 0.25) is 0 Å². The molecule has 0 unspecified atom stereocenters. The zero-order chi connectivity index (χ0) is 9.26. The minimum absolute atomic E-state index is 0.771. The number of benzene rings is 1. The minimum Gasteiger partial charge on any atom is -0.399 e. The molecule has 2 nitrogen and oxygen atoms in total. The van der Waals surface area contributed by atoms with E-state index in [4.69, 9.17) is 5.73 Å². The predicted molar refractivity (Wildman–Crippen MR) is 58.3 cm³/mol. The minimum atomic E-state index is 0.771. The Bertz CT molecular complexity index is 407. The number of halogens is 1. The summed E-state index contributed by atoms with van der Waals surface area (Å²) in [6, 6.07) is 9.74. The number of rotatable bonds is 1. The number of nitrogens with one attached hydrogen (secondary N) is 1. The molecule has 66 valence electrons. The molecule has 2 rings (SSSR count). The maximum atomic E-state index is 5.70. The van der Waals surface area contributed by atoms with Gasteiger partial charge in [-0.2, -0.15) is 0 Å². The lowest BCUT2D eigenvalue weighted by Crippen LogP contribution is -1.86. The smallest absolute Gasteiger partial charge is 0.0466 e. The van der Waals surface area contributed by atoms with Crippen molar-refractivity contribution in [2.45, 2.75) is 0 Å². The average molecular weight is 237 g/mol. The molecule has 2 aromatic rings. The second-order valence-electron chi connectivity index (χ2n) is 2.82. The molecule has 13 heavy (non-hydrogen) atoms. The third kappa shape index (κ3) is 1.60. The molecule has 0 fully saturated rings. The highest BCUT2D eigenvalue weighted by Crippen LogP contribution is 2.28. The van der Waals surface area contributed by atoms with E-state index in [9.17, 15) is 0 Å². The number of aromatic nitrogens is 1. The van der Waals surface area contributed by atoms with Crippen molar-refractivity contribution in [2.24, 2.45) is 0 Å². The van der Waals surface area contributed by atoms with Crippen LogP contribution in [0.2, 0.25) is 0 Å². The fraction of sp³-hybridized carbons (Fsp3) is 0. The van der Waals surface area contributed by atoms with Crippen molar-refractivity contribution < 1.29 is 0 Å². The van der Waals surface area contributed by atoms with Crippen molar-refractivity contribution in [3.63, 3.8) is 0 Å². The first kappa shape index (κ1) is 8.38. The molecule has 0 radical (unpaired) electrons. The van der Waals surface area contributed by atoms with Gasteiger partial charge in [-0.15, -0.1) is 0 Å². The first-order chi connectivity index (χ1) is 6.27. The van der Waals surface area contributed by atoms with E-state index in [0.717, 1.165) is 21.4 Å². The summed E-state index contributed by atoms with van der Waals surface area (Å²) in [6.45, 7) is 0. The predicted octanol–water partition coefficient (Wildman–Crippen LogP) is 3.03. The monoisotopic (exact) mass is 236 g/mol. The Morgan fingerprint density at radius 2 is 2.08 bits per heavy atom. The summed E-state index contributed by atoms with van der Waals surface area (Å²) >= 11 is 3.48. The van der Waals surface area contributed by atoms with E-state index in [1.807, 2.05) is 36.5 Å². The van der Waals surface area contributed by atoms with Crippen LogP contribution in [0.25, 0.3) is 11.3 Å². The number of hydrogen-bond donors (Lipinski definition) is 2. The molecule has 1 aromatic heterocycles. The van der Waals surface area contributed by atoms with Gasteiger partial charge in [0.25, 0.3) is 0 Å². The molecule has 0 aliphatic rings. The Morgan fingerprint density at radius 3 is 2.77 bits per heavy atom. The average Bonchev–Trinajstić information content (AvgIpc) is 2.61. The normalized spacial score (nSPS) is 10.2. The lowest BCUT2D eigenvalue weighted by atomic mass is 10.1. The van der Waals surface area contributed by atoms with Crippen LogP contribution in [-0.4, -0.2) is 4.98 Å². The van der Waals surface area contributed by atoms with E-state index in [2.05, 4.69) is 20.9 Å². The van der Waals surface area contributed by atoms with Crippen molar-refractivity contribution in [1.82, 2.24) is 4.98 Å². The molecule has 3 heteroatoms. The summed E-state index contributed by atoms with van der Waals surface area (Å²) in [7, 11) is 0. The lowest BCUT2D eigenvalue weighted by molar-refractivity contribution is 1.39. The fourth-order valence-corrected chi connectivity index (χ4v) is 1.71. The molecule has 0 spiro atoms. The van der Waals surface area contributed by atoms with Gasteiger partial charge < -0.3 is 10.7 Å². The van der Waals surface area contributed by atoms with E-state index in [0.29, 0.717) is 0 Å². The number of anilines is 1. The topological polar surface area (TPSA) is 41.8 Å². The Labute approximate surface area is 84.9 Å². The first-order valence-corrected chi connectivity index (χ1v) is 4.75. The van der Waals surface area contributed by atoms with Gasteiger partial charge in [0.15, 0.2) is 0 Å². The van der Waals surface area contributed by atoms with Crippen molar-refractivity contribution in [2.75, 3.05) is 5.73 Å². The van der Waals surface area contributed by atoms with Crippen LogP contribution in [0.4, 0.5) is 5.69 Å². The molecule has 0 amide bonds. The van der Waals surface area contributed by atoms with Gasteiger partial charge in [-0.3, -0.25) is 0 Å². The Kier molecular flexibility index (Phi) is 2.10. The third-order valence-corrected chi connectivity index (χ3v) is 2.57. The molecule has 3 N–H and O–H groups in total. The summed E-state index contributed by atoms with van der Waals surface area (Å²) < 4.78 is 1.05. The summed E-state index contributed by atoms with van der Waals surface area (Å²) in [4.78, 5) is 3.14. The molecule has 0 atom stereocenters. The van der Waals surface area contributed by atoms with Gasteiger partial charge in [0.1, 0.15) is 0 Å². The highest BCUT2D eigenvalue weighted by molar-refractivity contribution is 9.10. The SMILES string of the molecule is Nc1ccc(Br)c(-c2ccc[nH]2)c1. The maximum absolute atomic E-state index is 5.70. The number of nitrogens with two attached hydrogens (primary N) is 1. The molecular weight excluding hydrogens is 228 g/mol. The summed E-state index contributed by atoms with van der Waals surface area (Å²) in [6.07, 6.45) is 1.89. The van der Waals surface area contributed by atoms with E-state index in [-0.39, 0.29) is 0 Å². The van der Waals surface area contributed by atoms with Crippen LogP contribution in [0.3, 0.4) is 0 Å². The van der Waals surface area contributed by atoms with Gasteiger partial charge >= 0.3 is 0 Å². The second kappa shape index (κ2) is 3.26. The first-order valence-electron chi connectivity index (χ1n) is 3.96. The highest BCUT2D eigenvalue weighted by Gasteiger charge is 2.02. The summed E-state index contributed by atoms with van der Waals surface area (Å²) in [5.74, 6) is 0. The second-order valence-corrected chi connectivity index (χ2v) is 3.68. The highest BCUT2D eigenvalue weighted by atomic mass is 79.9.